The van der Waals surface area contributed by atoms with Crippen molar-refractivity contribution in [3.05, 3.63) is 52.2 Å². The Bertz CT molecular complexity index is 592. The molecule has 0 bridgehead atoms. The third kappa shape index (κ3) is 5.71. The molecule has 1 unspecified atom stereocenters. The fraction of sp³-hybridized carbons (Fsp3) is 0.421. The zero-order valence-corrected chi connectivity index (χ0v) is 14.3. The molecule has 3 nitrogen and oxygen atoms in total. The SMILES string of the molecule is CCCCCCOc1cccc(CC(C(=O)O)c2cccs2)c1. The summed E-state index contributed by atoms with van der Waals surface area (Å²) in [6, 6.07) is 11.6. The molecule has 0 saturated carbocycles. The fourth-order valence-corrected chi connectivity index (χ4v) is 3.34. The molecule has 0 saturated heterocycles. The number of unbranched alkanes of at least 4 members (excludes halogenated alkanes) is 3. The van der Waals surface area contributed by atoms with Gasteiger partial charge in [-0.15, -0.1) is 11.3 Å². The Morgan fingerprint density at radius 3 is 2.78 bits per heavy atom. The van der Waals surface area contributed by atoms with E-state index >= 15 is 0 Å². The van der Waals surface area contributed by atoms with Crippen LogP contribution < -0.4 is 4.74 Å². The van der Waals surface area contributed by atoms with Crippen molar-refractivity contribution < 1.29 is 14.6 Å². The maximum absolute atomic E-state index is 11.5. The number of carboxylic acid groups (broad SMARTS) is 1. The molecule has 4 heteroatoms. The summed E-state index contributed by atoms with van der Waals surface area (Å²) >= 11 is 1.49. The maximum Gasteiger partial charge on any atom is 0.312 e. The number of carbonyl (C=O) groups is 1. The molecule has 124 valence electrons. The van der Waals surface area contributed by atoms with Crippen LogP contribution in [0.4, 0.5) is 0 Å². The van der Waals surface area contributed by atoms with Gasteiger partial charge in [0.2, 0.25) is 0 Å². The first-order valence-electron chi connectivity index (χ1n) is 8.18. The number of hydrogen-bond acceptors (Lipinski definition) is 3. The van der Waals surface area contributed by atoms with Gasteiger partial charge < -0.3 is 9.84 Å². The van der Waals surface area contributed by atoms with Crippen molar-refractivity contribution in [1.29, 1.82) is 0 Å². The van der Waals surface area contributed by atoms with Crippen LogP contribution >= 0.6 is 11.3 Å². The monoisotopic (exact) mass is 332 g/mol. The van der Waals surface area contributed by atoms with Crippen molar-refractivity contribution >= 4 is 17.3 Å². The molecule has 1 N–H and O–H groups in total. The van der Waals surface area contributed by atoms with Gasteiger partial charge in [-0.25, -0.2) is 0 Å². The van der Waals surface area contributed by atoms with E-state index in [0.717, 1.165) is 29.2 Å². The minimum atomic E-state index is -0.779. The summed E-state index contributed by atoms with van der Waals surface area (Å²) in [6.07, 6.45) is 5.20. The summed E-state index contributed by atoms with van der Waals surface area (Å²) in [6.45, 7) is 2.91. The summed E-state index contributed by atoms with van der Waals surface area (Å²) in [5.74, 6) is -0.442. The average molecular weight is 332 g/mol. The Labute approximate surface area is 141 Å². The molecule has 2 aromatic rings. The van der Waals surface area contributed by atoms with Gasteiger partial charge in [0.15, 0.2) is 0 Å². The van der Waals surface area contributed by atoms with Gasteiger partial charge in [-0.05, 0) is 42.0 Å². The van der Waals surface area contributed by atoms with Crippen LogP contribution in [0.15, 0.2) is 41.8 Å². The Hall–Kier alpha value is -1.81. The van der Waals surface area contributed by atoms with E-state index in [1.807, 2.05) is 41.8 Å². The summed E-state index contributed by atoms with van der Waals surface area (Å²) in [7, 11) is 0. The summed E-state index contributed by atoms with van der Waals surface area (Å²) < 4.78 is 5.78. The first-order valence-corrected chi connectivity index (χ1v) is 9.06. The quantitative estimate of drug-likeness (QED) is 0.614. The average Bonchev–Trinajstić information content (AvgIpc) is 3.06. The van der Waals surface area contributed by atoms with E-state index in [9.17, 15) is 9.90 Å². The molecule has 1 aromatic carbocycles. The van der Waals surface area contributed by atoms with Crippen LogP contribution in [0.2, 0.25) is 0 Å². The van der Waals surface area contributed by atoms with Crippen LogP contribution in [-0.4, -0.2) is 17.7 Å². The zero-order chi connectivity index (χ0) is 16.5. The van der Waals surface area contributed by atoms with Gasteiger partial charge in [0.25, 0.3) is 0 Å². The number of thiophene rings is 1. The lowest BCUT2D eigenvalue weighted by Gasteiger charge is -2.12. The van der Waals surface area contributed by atoms with E-state index < -0.39 is 11.9 Å². The van der Waals surface area contributed by atoms with Crippen LogP contribution in [0.3, 0.4) is 0 Å². The number of rotatable bonds is 10. The molecule has 0 spiro atoms. The maximum atomic E-state index is 11.5. The first-order chi connectivity index (χ1) is 11.2. The predicted octanol–water partition coefficient (Wildman–Crippen LogP) is 5.12. The topological polar surface area (TPSA) is 46.5 Å². The molecule has 0 fully saturated rings. The van der Waals surface area contributed by atoms with Crippen molar-refractivity contribution in [2.75, 3.05) is 6.61 Å². The Balaban J connectivity index is 1.94. The van der Waals surface area contributed by atoms with Gasteiger partial charge in [-0.2, -0.15) is 0 Å². The minimum Gasteiger partial charge on any atom is -0.494 e. The van der Waals surface area contributed by atoms with E-state index in [-0.39, 0.29) is 0 Å². The molecule has 0 aliphatic rings. The highest BCUT2D eigenvalue weighted by Gasteiger charge is 2.21. The van der Waals surface area contributed by atoms with Crippen LogP contribution in [0.25, 0.3) is 0 Å². The lowest BCUT2D eigenvalue weighted by molar-refractivity contribution is -0.138. The summed E-state index contributed by atoms with van der Waals surface area (Å²) in [5.41, 5.74) is 0.997. The highest BCUT2D eigenvalue weighted by Crippen LogP contribution is 2.27. The van der Waals surface area contributed by atoms with E-state index in [0.29, 0.717) is 6.42 Å². The molecule has 0 aliphatic heterocycles. The van der Waals surface area contributed by atoms with Crippen molar-refractivity contribution in [3.8, 4) is 5.75 Å². The molecule has 1 aromatic heterocycles. The molecule has 0 amide bonds. The Morgan fingerprint density at radius 2 is 2.09 bits per heavy atom. The molecule has 1 heterocycles. The van der Waals surface area contributed by atoms with Gasteiger partial charge in [0.05, 0.1) is 12.5 Å². The largest absolute Gasteiger partial charge is 0.494 e. The van der Waals surface area contributed by atoms with E-state index in [2.05, 4.69) is 6.92 Å². The van der Waals surface area contributed by atoms with Crippen molar-refractivity contribution in [1.82, 2.24) is 0 Å². The molecular weight excluding hydrogens is 308 g/mol. The number of hydrogen-bond donors (Lipinski definition) is 1. The normalized spacial score (nSPS) is 12.0. The van der Waals surface area contributed by atoms with E-state index in [1.54, 1.807) is 0 Å². The molecule has 23 heavy (non-hydrogen) atoms. The van der Waals surface area contributed by atoms with Crippen LogP contribution in [0.1, 0.15) is 49.0 Å². The van der Waals surface area contributed by atoms with Crippen LogP contribution in [0.5, 0.6) is 5.75 Å². The minimum absolute atomic E-state index is 0.489. The zero-order valence-electron chi connectivity index (χ0n) is 13.5. The standard InChI is InChI=1S/C19H24O3S/c1-2-3-4-5-11-22-16-9-6-8-15(13-16)14-17(19(20)21)18-10-7-12-23-18/h6-10,12-13,17H,2-5,11,14H2,1H3,(H,20,21). The number of ether oxygens (including phenoxy) is 1. The van der Waals surface area contributed by atoms with Crippen LogP contribution in [0, 0.1) is 0 Å². The lowest BCUT2D eigenvalue weighted by atomic mass is 9.98. The smallest absolute Gasteiger partial charge is 0.312 e. The molecule has 2 rings (SSSR count). The molecule has 0 radical (unpaired) electrons. The second-order valence-corrected chi connectivity index (χ2v) is 6.65. The Kier molecular flexibility index (Phi) is 7.14. The van der Waals surface area contributed by atoms with Gasteiger partial charge in [0.1, 0.15) is 5.75 Å². The van der Waals surface area contributed by atoms with E-state index in [4.69, 9.17) is 4.74 Å². The second-order valence-electron chi connectivity index (χ2n) is 5.67. The number of aliphatic carboxylic acids is 1. The number of carboxylic acids is 1. The number of benzene rings is 1. The van der Waals surface area contributed by atoms with Crippen LogP contribution in [-0.2, 0) is 11.2 Å². The molecule has 0 aliphatic carbocycles. The van der Waals surface area contributed by atoms with Gasteiger partial charge >= 0.3 is 5.97 Å². The van der Waals surface area contributed by atoms with E-state index in [1.165, 1.54) is 30.6 Å². The van der Waals surface area contributed by atoms with Crippen molar-refractivity contribution in [2.45, 2.75) is 44.9 Å². The predicted molar refractivity (Wildman–Crippen MR) is 94.5 cm³/mol. The molecule has 1 atom stereocenters. The van der Waals surface area contributed by atoms with Crippen molar-refractivity contribution in [3.63, 3.8) is 0 Å². The Morgan fingerprint density at radius 1 is 1.22 bits per heavy atom. The lowest BCUT2D eigenvalue weighted by Crippen LogP contribution is -2.13. The first kappa shape index (κ1) is 17.5. The highest BCUT2D eigenvalue weighted by molar-refractivity contribution is 7.10. The third-order valence-electron chi connectivity index (χ3n) is 3.79. The fourth-order valence-electron chi connectivity index (χ4n) is 2.52. The highest BCUT2D eigenvalue weighted by atomic mass is 32.1. The van der Waals surface area contributed by atoms with Gasteiger partial charge in [-0.1, -0.05) is 44.4 Å². The third-order valence-corrected chi connectivity index (χ3v) is 4.78. The van der Waals surface area contributed by atoms with Gasteiger partial charge in [-0.3, -0.25) is 4.79 Å². The van der Waals surface area contributed by atoms with Crippen molar-refractivity contribution in [2.24, 2.45) is 0 Å². The second kappa shape index (κ2) is 9.36. The van der Waals surface area contributed by atoms with Gasteiger partial charge in [0, 0.05) is 4.88 Å². The molecular formula is C19H24O3S. The summed E-state index contributed by atoms with van der Waals surface area (Å²) in [5, 5.41) is 11.4. The summed E-state index contributed by atoms with van der Waals surface area (Å²) in [4.78, 5) is 12.4.